The smallest absolute Gasteiger partial charge is 0.267 e. The first-order valence-corrected chi connectivity index (χ1v) is 8.56. The number of amides is 1. The average molecular weight is 350 g/mol. The van der Waals surface area contributed by atoms with Gasteiger partial charge in [0, 0.05) is 24.0 Å². The van der Waals surface area contributed by atoms with Gasteiger partial charge < -0.3 is 5.32 Å². The predicted octanol–water partition coefficient (Wildman–Crippen LogP) is 1.88. The van der Waals surface area contributed by atoms with Gasteiger partial charge in [0.15, 0.2) is 5.65 Å². The molecule has 0 radical (unpaired) electrons. The van der Waals surface area contributed by atoms with E-state index in [4.69, 9.17) is 0 Å². The molecule has 0 bridgehead atoms. The van der Waals surface area contributed by atoms with Crippen LogP contribution in [0.3, 0.4) is 0 Å². The van der Waals surface area contributed by atoms with Crippen LogP contribution >= 0.6 is 0 Å². The lowest BCUT2D eigenvalue weighted by molar-refractivity contribution is -0.117. The van der Waals surface area contributed by atoms with Crippen molar-refractivity contribution in [3.8, 4) is 0 Å². The topological polar surface area (TPSA) is 94.2 Å². The molecule has 26 heavy (non-hydrogen) atoms. The van der Waals surface area contributed by atoms with Crippen molar-refractivity contribution in [1.82, 2.24) is 24.4 Å². The van der Waals surface area contributed by atoms with Gasteiger partial charge in [0.05, 0.1) is 5.69 Å². The zero-order valence-corrected chi connectivity index (χ0v) is 14.1. The molecule has 0 spiro atoms. The maximum atomic E-state index is 12.3. The van der Waals surface area contributed by atoms with Gasteiger partial charge in [0.1, 0.15) is 12.9 Å². The Balaban J connectivity index is 1.51. The summed E-state index contributed by atoms with van der Waals surface area (Å²) < 4.78 is 2.80. The molecule has 132 valence electrons. The Bertz CT molecular complexity index is 1050. The number of fused-ring (bicyclic) bond motifs is 1. The Labute approximate surface area is 149 Å². The quantitative estimate of drug-likeness (QED) is 0.775. The van der Waals surface area contributed by atoms with Crippen LogP contribution in [0.5, 0.6) is 0 Å². The number of aromatic nitrogens is 5. The summed E-state index contributed by atoms with van der Waals surface area (Å²) in [7, 11) is 0. The third kappa shape index (κ3) is 3.39. The van der Waals surface area contributed by atoms with Crippen LogP contribution in [0, 0.1) is 0 Å². The Kier molecular flexibility index (Phi) is 4.30. The van der Waals surface area contributed by atoms with Gasteiger partial charge in [-0.05, 0) is 43.4 Å². The monoisotopic (exact) mass is 350 g/mol. The van der Waals surface area contributed by atoms with Gasteiger partial charge in [-0.1, -0.05) is 6.08 Å². The Morgan fingerprint density at radius 3 is 3.00 bits per heavy atom. The van der Waals surface area contributed by atoms with E-state index in [2.05, 4.69) is 26.6 Å². The molecule has 1 aliphatic rings. The summed E-state index contributed by atoms with van der Waals surface area (Å²) in [6, 6.07) is 6.63. The second-order valence-electron chi connectivity index (χ2n) is 6.22. The molecule has 1 N–H and O–H groups in total. The first kappa shape index (κ1) is 16.2. The number of carbonyl (C=O) groups is 1. The highest BCUT2D eigenvalue weighted by molar-refractivity contribution is 5.90. The number of hydrogen-bond donors (Lipinski definition) is 1. The third-order valence-corrected chi connectivity index (χ3v) is 4.34. The molecule has 1 aliphatic carbocycles. The van der Waals surface area contributed by atoms with Crippen LogP contribution in [0.4, 0.5) is 5.69 Å². The number of anilines is 1. The molecule has 3 heterocycles. The van der Waals surface area contributed by atoms with Crippen LogP contribution in [-0.4, -0.2) is 30.3 Å². The van der Waals surface area contributed by atoms with Crippen LogP contribution < -0.4 is 10.9 Å². The summed E-state index contributed by atoms with van der Waals surface area (Å²) in [6.45, 7) is -0.141. The van der Waals surface area contributed by atoms with Crippen molar-refractivity contribution in [2.45, 2.75) is 32.2 Å². The van der Waals surface area contributed by atoms with E-state index in [0.29, 0.717) is 11.3 Å². The van der Waals surface area contributed by atoms with Gasteiger partial charge in [-0.15, -0.1) is 0 Å². The summed E-state index contributed by atoms with van der Waals surface area (Å²) in [5.74, 6) is -0.321. The number of rotatable bonds is 4. The standard InChI is InChI=1S/C18H18N6O2/c25-17(21-14-8-9-23-16(10-14)19-12-20-23)11-24-18(26)7-6-15(22-24)13-4-2-1-3-5-13/h4,6-10,12H,1-3,5,11H2,(H,21,25). The second kappa shape index (κ2) is 6.91. The van der Waals surface area contributed by atoms with E-state index in [1.165, 1.54) is 23.5 Å². The van der Waals surface area contributed by atoms with Gasteiger partial charge >= 0.3 is 0 Å². The molecule has 3 aromatic heterocycles. The van der Waals surface area contributed by atoms with Crippen molar-refractivity contribution in [3.05, 3.63) is 58.9 Å². The third-order valence-electron chi connectivity index (χ3n) is 4.34. The minimum absolute atomic E-state index is 0.141. The first-order valence-electron chi connectivity index (χ1n) is 8.56. The fourth-order valence-electron chi connectivity index (χ4n) is 3.03. The normalized spacial score (nSPS) is 14.2. The highest BCUT2D eigenvalue weighted by Gasteiger charge is 2.12. The Hall–Kier alpha value is -3.29. The van der Waals surface area contributed by atoms with Crippen molar-refractivity contribution in [1.29, 1.82) is 0 Å². The molecular weight excluding hydrogens is 332 g/mol. The number of nitrogens with one attached hydrogen (secondary N) is 1. The molecule has 3 aromatic rings. The number of nitrogens with zero attached hydrogens (tertiary/aromatic N) is 5. The van der Waals surface area contributed by atoms with Crippen LogP contribution in [-0.2, 0) is 11.3 Å². The molecule has 0 aromatic carbocycles. The van der Waals surface area contributed by atoms with Gasteiger partial charge in [-0.25, -0.2) is 14.2 Å². The van der Waals surface area contributed by atoms with Crippen molar-refractivity contribution in [2.24, 2.45) is 0 Å². The molecule has 0 saturated carbocycles. The SMILES string of the molecule is O=C(Cn1nc(C2=CCCCC2)ccc1=O)Nc1ccn2ncnc2c1. The molecule has 1 amide bonds. The number of allylic oxidation sites excluding steroid dienone is 2. The molecule has 8 heteroatoms. The molecule has 0 atom stereocenters. The summed E-state index contributed by atoms with van der Waals surface area (Å²) >= 11 is 0. The van der Waals surface area contributed by atoms with Crippen LogP contribution in [0.25, 0.3) is 11.2 Å². The summed E-state index contributed by atoms with van der Waals surface area (Å²) in [4.78, 5) is 28.5. The number of carbonyl (C=O) groups excluding carboxylic acids is 1. The molecule has 0 aliphatic heterocycles. The van der Waals surface area contributed by atoms with E-state index in [9.17, 15) is 9.59 Å². The number of hydrogen-bond acceptors (Lipinski definition) is 5. The Morgan fingerprint density at radius 1 is 1.23 bits per heavy atom. The predicted molar refractivity (Wildman–Crippen MR) is 96.6 cm³/mol. The van der Waals surface area contributed by atoms with E-state index in [-0.39, 0.29) is 18.0 Å². The summed E-state index contributed by atoms with van der Waals surface area (Å²) in [5.41, 5.74) is 2.83. The van der Waals surface area contributed by atoms with Crippen molar-refractivity contribution >= 4 is 22.8 Å². The van der Waals surface area contributed by atoms with Crippen LogP contribution in [0.2, 0.25) is 0 Å². The minimum atomic E-state index is -0.321. The molecule has 0 fully saturated rings. The molecular formula is C18H18N6O2. The largest absolute Gasteiger partial charge is 0.324 e. The van der Waals surface area contributed by atoms with E-state index in [1.54, 1.807) is 28.9 Å². The second-order valence-corrected chi connectivity index (χ2v) is 6.22. The van der Waals surface area contributed by atoms with E-state index in [1.807, 2.05) is 0 Å². The minimum Gasteiger partial charge on any atom is -0.324 e. The zero-order valence-electron chi connectivity index (χ0n) is 14.1. The van der Waals surface area contributed by atoms with E-state index < -0.39 is 0 Å². The maximum absolute atomic E-state index is 12.3. The highest BCUT2D eigenvalue weighted by atomic mass is 16.2. The van der Waals surface area contributed by atoms with Crippen LogP contribution in [0.1, 0.15) is 31.4 Å². The maximum Gasteiger partial charge on any atom is 0.267 e. The molecule has 0 saturated heterocycles. The summed E-state index contributed by atoms with van der Waals surface area (Å²) in [6.07, 6.45) is 9.60. The lowest BCUT2D eigenvalue weighted by Crippen LogP contribution is -2.29. The van der Waals surface area contributed by atoms with Gasteiger partial charge in [0.25, 0.3) is 5.56 Å². The van der Waals surface area contributed by atoms with Crippen molar-refractivity contribution in [3.63, 3.8) is 0 Å². The Morgan fingerprint density at radius 2 is 2.15 bits per heavy atom. The van der Waals surface area contributed by atoms with Crippen LogP contribution in [0.15, 0.2) is 47.7 Å². The lowest BCUT2D eigenvalue weighted by atomic mass is 9.97. The van der Waals surface area contributed by atoms with Crippen molar-refractivity contribution < 1.29 is 4.79 Å². The molecule has 4 rings (SSSR count). The zero-order chi connectivity index (χ0) is 17.9. The molecule has 8 nitrogen and oxygen atoms in total. The van der Waals surface area contributed by atoms with Crippen molar-refractivity contribution in [2.75, 3.05) is 5.32 Å². The van der Waals surface area contributed by atoms with Gasteiger partial charge in [0.2, 0.25) is 5.91 Å². The fraction of sp³-hybridized carbons (Fsp3) is 0.278. The van der Waals surface area contributed by atoms with Gasteiger partial charge in [-0.3, -0.25) is 9.59 Å². The average Bonchev–Trinajstić information content (AvgIpc) is 3.12. The number of pyridine rings is 1. The first-order chi connectivity index (χ1) is 12.7. The van der Waals surface area contributed by atoms with E-state index >= 15 is 0 Å². The fourth-order valence-corrected chi connectivity index (χ4v) is 3.03. The highest BCUT2D eigenvalue weighted by Crippen LogP contribution is 2.24. The summed E-state index contributed by atoms with van der Waals surface area (Å²) in [5, 5.41) is 11.1. The lowest BCUT2D eigenvalue weighted by Gasteiger charge is -2.13. The van der Waals surface area contributed by atoms with Gasteiger partial charge in [-0.2, -0.15) is 10.2 Å². The van der Waals surface area contributed by atoms with E-state index in [0.717, 1.165) is 30.5 Å². The molecule has 0 unspecified atom stereocenters.